The fourth-order valence-corrected chi connectivity index (χ4v) is 2.63. The van der Waals surface area contributed by atoms with Gasteiger partial charge in [0, 0.05) is 5.56 Å². The Kier molecular flexibility index (Phi) is 8.71. The van der Waals surface area contributed by atoms with Crippen LogP contribution in [0.15, 0.2) is 47.5 Å². The maximum atomic E-state index is 5.95. The van der Waals surface area contributed by atoms with E-state index in [2.05, 4.69) is 25.5 Å². The van der Waals surface area contributed by atoms with Crippen LogP contribution < -0.4 is 25.3 Å². The SMILES string of the molecule is COc1ccc(-c2n[nH]c(CNC(N)=NCc3ccc(OC)c(OC)c3)n2)cc1.I. The fraction of sp³-hybridized carbons (Fsp3) is 0.250. The van der Waals surface area contributed by atoms with E-state index in [-0.39, 0.29) is 24.0 Å². The summed E-state index contributed by atoms with van der Waals surface area (Å²) in [7, 11) is 4.82. The number of rotatable bonds is 8. The minimum absolute atomic E-state index is 0. The number of halogens is 1. The van der Waals surface area contributed by atoms with Gasteiger partial charge in [0.15, 0.2) is 23.3 Å². The zero-order valence-electron chi connectivity index (χ0n) is 17.0. The number of aromatic nitrogens is 3. The molecule has 0 unspecified atom stereocenters. The first-order chi connectivity index (χ1) is 14.1. The monoisotopic (exact) mass is 524 g/mol. The molecule has 0 radical (unpaired) electrons. The Bertz CT molecular complexity index is 975. The maximum absolute atomic E-state index is 5.95. The van der Waals surface area contributed by atoms with Crippen LogP contribution in [-0.4, -0.2) is 42.5 Å². The Labute approximate surface area is 192 Å². The van der Waals surface area contributed by atoms with Crippen molar-refractivity contribution in [3.8, 4) is 28.6 Å². The summed E-state index contributed by atoms with van der Waals surface area (Å²) in [6.45, 7) is 0.789. The van der Waals surface area contributed by atoms with Crippen LogP contribution in [0.4, 0.5) is 0 Å². The summed E-state index contributed by atoms with van der Waals surface area (Å²) in [6, 6.07) is 13.1. The van der Waals surface area contributed by atoms with Gasteiger partial charge in [0.05, 0.1) is 34.4 Å². The summed E-state index contributed by atoms with van der Waals surface area (Å²) in [5.41, 5.74) is 7.80. The van der Waals surface area contributed by atoms with Crippen molar-refractivity contribution in [1.82, 2.24) is 20.5 Å². The van der Waals surface area contributed by atoms with E-state index in [1.165, 1.54) is 0 Å². The summed E-state index contributed by atoms with van der Waals surface area (Å²) in [5, 5.41) is 10.1. The molecule has 0 bridgehead atoms. The molecule has 0 aliphatic carbocycles. The molecular weight excluding hydrogens is 499 g/mol. The highest BCUT2D eigenvalue weighted by molar-refractivity contribution is 14.0. The number of aromatic amines is 1. The van der Waals surface area contributed by atoms with E-state index in [0.29, 0.717) is 42.2 Å². The van der Waals surface area contributed by atoms with Crippen molar-refractivity contribution in [3.63, 3.8) is 0 Å². The molecule has 2 aromatic carbocycles. The third-order valence-corrected chi connectivity index (χ3v) is 4.20. The molecule has 0 saturated heterocycles. The lowest BCUT2D eigenvalue weighted by Crippen LogP contribution is -2.31. The van der Waals surface area contributed by atoms with Crippen LogP contribution in [0.25, 0.3) is 11.4 Å². The largest absolute Gasteiger partial charge is 0.497 e. The predicted octanol–water partition coefficient (Wildman–Crippen LogP) is 2.72. The number of nitrogens with two attached hydrogens (primary N) is 1. The molecule has 1 heterocycles. The van der Waals surface area contributed by atoms with Crippen LogP contribution in [0.1, 0.15) is 11.4 Å². The maximum Gasteiger partial charge on any atom is 0.189 e. The number of benzene rings is 2. The summed E-state index contributed by atoms with van der Waals surface area (Å²) < 4.78 is 15.7. The van der Waals surface area contributed by atoms with Gasteiger partial charge < -0.3 is 25.3 Å². The Morgan fingerprint density at radius 2 is 1.77 bits per heavy atom. The van der Waals surface area contributed by atoms with Crippen molar-refractivity contribution in [2.45, 2.75) is 13.1 Å². The van der Waals surface area contributed by atoms with Crippen LogP contribution in [0.5, 0.6) is 17.2 Å². The topological polar surface area (TPSA) is 120 Å². The lowest BCUT2D eigenvalue weighted by atomic mass is 10.2. The van der Waals surface area contributed by atoms with Crippen LogP contribution in [0.3, 0.4) is 0 Å². The first kappa shape index (κ1) is 23.3. The lowest BCUT2D eigenvalue weighted by molar-refractivity contribution is 0.354. The zero-order chi connectivity index (χ0) is 20.6. The van der Waals surface area contributed by atoms with Crippen molar-refractivity contribution in [2.24, 2.45) is 10.7 Å². The third kappa shape index (κ3) is 5.99. The number of guanidine groups is 1. The molecule has 0 spiro atoms. The Morgan fingerprint density at radius 1 is 1.03 bits per heavy atom. The minimum Gasteiger partial charge on any atom is -0.497 e. The summed E-state index contributed by atoms with van der Waals surface area (Å²) in [6.07, 6.45) is 0. The second-order valence-electron chi connectivity index (χ2n) is 6.08. The van der Waals surface area contributed by atoms with Gasteiger partial charge in [0.25, 0.3) is 0 Å². The van der Waals surface area contributed by atoms with Gasteiger partial charge in [-0.25, -0.2) is 9.98 Å². The number of hydrogen-bond donors (Lipinski definition) is 3. The average molecular weight is 524 g/mol. The molecule has 0 fully saturated rings. The quantitative estimate of drug-likeness (QED) is 0.236. The Balaban J connectivity index is 0.00000320. The van der Waals surface area contributed by atoms with E-state index < -0.39 is 0 Å². The zero-order valence-corrected chi connectivity index (χ0v) is 19.3. The van der Waals surface area contributed by atoms with Crippen molar-refractivity contribution in [1.29, 1.82) is 0 Å². The molecule has 0 aliphatic heterocycles. The molecule has 3 rings (SSSR count). The van der Waals surface area contributed by atoms with Gasteiger partial charge >= 0.3 is 0 Å². The van der Waals surface area contributed by atoms with Gasteiger partial charge in [-0.3, -0.25) is 5.10 Å². The second kappa shape index (κ2) is 11.2. The van der Waals surface area contributed by atoms with Gasteiger partial charge in [-0.05, 0) is 42.0 Å². The molecule has 30 heavy (non-hydrogen) atoms. The summed E-state index contributed by atoms with van der Waals surface area (Å²) in [5.74, 6) is 3.67. The molecule has 0 saturated carbocycles. The van der Waals surface area contributed by atoms with E-state index in [4.69, 9.17) is 19.9 Å². The van der Waals surface area contributed by atoms with Gasteiger partial charge in [-0.1, -0.05) is 6.07 Å². The highest BCUT2D eigenvalue weighted by Crippen LogP contribution is 2.27. The summed E-state index contributed by atoms with van der Waals surface area (Å²) in [4.78, 5) is 8.79. The van der Waals surface area contributed by atoms with Crippen LogP contribution in [-0.2, 0) is 13.1 Å². The lowest BCUT2D eigenvalue weighted by Gasteiger charge is -2.09. The molecule has 3 aromatic rings. The van der Waals surface area contributed by atoms with Gasteiger partial charge in [0.1, 0.15) is 11.6 Å². The molecular formula is C20H25IN6O3. The number of ether oxygens (including phenoxy) is 3. The molecule has 160 valence electrons. The highest BCUT2D eigenvalue weighted by Gasteiger charge is 2.07. The van der Waals surface area contributed by atoms with Crippen LogP contribution in [0.2, 0.25) is 0 Å². The van der Waals surface area contributed by atoms with Crippen molar-refractivity contribution in [3.05, 3.63) is 53.9 Å². The van der Waals surface area contributed by atoms with Gasteiger partial charge in [0.2, 0.25) is 0 Å². The molecule has 0 atom stereocenters. The van der Waals surface area contributed by atoms with E-state index in [9.17, 15) is 0 Å². The number of H-pyrrole nitrogens is 1. The van der Waals surface area contributed by atoms with E-state index in [1.807, 2.05) is 42.5 Å². The predicted molar refractivity (Wildman–Crippen MR) is 125 cm³/mol. The molecule has 9 nitrogen and oxygen atoms in total. The van der Waals surface area contributed by atoms with E-state index in [1.54, 1.807) is 21.3 Å². The molecule has 0 amide bonds. The van der Waals surface area contributed by atoms with Crippen molar-refractivity contribution >= 4 is 29.9 Å². The number of nitrogens with one attached hydrogen (secondary N) is 2. The Hall–Kier alpha value is -3.02. The van der Waals surface area contributed by atoms with E-state index >= 15 is 0 Å². The van der Waals surface area contributed by atoms with Gasteiger partial charge in [-0.15, -0.1) is 24.0 Å². The molecule has 0 aliphatic rings. The Morgan fingerprint density at radius 3 is 2.43 bits per heavy atom. The van der Waals surface area contributed by atoms with Crippen LogP contribution >= 0.6 is 24.0 Å². The average Bonchev–Trinajstić information content (AvgIpc) is 3.25. The highest BCUT2D eigenvalue weighted by atomic mass is 127. The fourth-order valence-electron chi connectivity index (χ4n) is 2.63. The molecule has 4 N–H and O–H groups in total. The first-order valence-corrected chi connectivity index (χ1v) is 8.93. The number of nitrogens with zero attached hydrogens (tertiary/aromatic N) is 3. The molecule has 10 heteroatoms. The van der Waals surface area contributed by atoms with Crippen LogP contribution in [0, 0.1) is 0 Å². The normalized spacial score (nSPS) is 10.8. The van der Waals surface area contributed by atoms with Crippen molar-refractivity contribution in [2.75, 3.05) is 21.3 Å². The second-order valence-corrected chi connectivity index (χ2v) is 6.08. The number of aliphatic imine (C=N–C) groups is 1. The standard InChI is InChI=1S/C20H24N6O3.HI/c1-27-15-7-5-14(6-8-15)19-24-18(25-26-19)12-23-20(21)22-11-13-4-9-16(28-2)17(10-13)29-3;/h4-10H,11-12H2,1-3H3,(H3,21,22,23)(H,24,25,26);1H. The minimum atomic E-state index is 0. The third-order valence-electron chi connectivity index (χ3n) is 4.20. The summed E-state index contributed by atoms with van der Waals surface area (Å²) >= 11 is 0. The van der Waals surface area contributed by atoms with Crippen molar-refractivity contribution < 1.29 is 14.2 Å². The smallest absolute Gasteiger partial charge is 0.189 e. The number of methoxy groups -OCH3 is 3. The van der Waals surface area contributed by atoms with E-state index in [0.717, 1.165) is 16.9 Å². The number of hydrogen-bond acceptors (Lipinski definition) is 6. The van der Waals surface area contributed by atoms with Gasteiger partial charge in [-0.2, -0.15) is 5.10 Å². The first-order valence-electron chi connectivity index (χ1n) is 8.93. The molecule has 1 aromatic heterocycles.